The third kappa shape index (κ3) is 6.13. The fraction of sp³-hybridized carbons (Fsp3) is 0.321. The lowest BCUT2D eigenvalue weighted by Gasteiger charge is -2.13. The summed E-state index contributed by atoms with van der Waals surface area (Å²) >= 11 is 0. The molecule has 0 aliphatic carbocycles. The molecule has 1 atom stereocenters. The van der Waals surface area contributed by atoms with Gasteiger partial charge in [0.15, 0.2) is 0 Å². The Morgan fingerprint density at radius 1 is 0.921 bits per heavy atom. The number of fused-ring (bicyclic) bond motifs is 4. The molecule has 2 aliphatic heterocycles. The first-order valence-electron chi connectivity index (χ1n) is 12.2. The Balaban J connectivity index is 1.27. The highest BCUT2D eigenvalue weighted by Gasteiger charge is 2.26. The standard InChI is InChI=1S/C28H28O9S/c1-38(31,32)10-2-9-33-20-5-7-23-24-11-18(3-8-25(24)36-17-37-27(23)13-20)15-34-21-4-6-22-19(12-28(29)30)16-35-26(22)14-21/h3-8,11,13-14,19H,2,9-10,12,15-17H2,1H3,(H,29,30)/t19-/m1/s1. The molecular formula is C28H28O9S. The van der Waals surface area contributed by atoms with E-state index in [2.05, 4.69) is 0 Å². The lowest BCUT2D eigenvalue weighted by molar-refractivity contribution is -0.137. The highest BCUT2D eigenvalue weighted by molar-refractivity contribution is 7.90. The summed E-state index contributed by atoms with van der Waals surface area (Å²) in [7, 11) is -3.02. The maximum absolute atomic E-state index is 11.3. The zero-order valence-corrected chi connectivity index (χ0v) is 21.7. The Hall–Kier alpha value is -3.92. The van der Waals surface area contributed by atoms with Crippen LogP contribution in [0.2, 0.25) is 0 Å². The van der Waals surface area contributed by atoms with E-state index in [1.165, 1.54) is 6.26 Å². The van der Waals surface area contributed by atoms with E-state index >= 15 is 0 Å². The highest BCUT2D eigenvalue weighted by Crippen LogP contribution is 2.42. The SMILES string of the molecule is CS(=O)(=O)CCCOc1ccc2c(c1)OCOc1ccc(COc3ccc4c(c3)OC[C@H]4CC(=O)O)cc1-2. The Labute approximate surface area is 220 Å². The van der Waals surface area contributed by atoms with Gasteiger partial charge in [-0.15, -0.1) is 0 Å². The Kier molecular flexibility index (Phi) is 7.33. The zero-order valence-electron chi connectivity index (χ0n) is 20.8. The van der Waals surface area contributed by atoms with Crippen molar-refractivity contribution in [1.29, 1.82) is 0 Å². The van der Waals surface area contributed by atoms with Gasteiger partial charge in [0.1, 0.15) is 45.2 Å². The van der Waals surface area contributed by atoms with Gasteiger partial charge in [0.25, 0.3) is 0 Å². The predicted molar refractivity (Wildman–Crippen MR) is 139 cm³/mol. The largest absolute Gasteiger partial charge is 0.493 e. The molecule has 0 aromatic heterocycles. The minimum Gasteiger partial charge on any atom is -0.493 e. The van der Waals surface area contributed by atoms with Crippen molar-refractivity contribution in [3.63, 3.8) is 0 Å². The molecule has 0 fully saturated rings. The van der Waals surface area contributed by atoms with Crippen molar-refractivity contribution in [2.45, 2.75) is 25.4 Å². The van der Waals surface area contributed by atoms with Crippen LogP contribution in [0.5, 0.6) is 28.7 Å². The van der Waals surface area contributed by atoms with Gasteiger partial charge < -0.3 is 28.8 Å². The van der Waals surface area contributed by atoms with Crippen LogP contribution in [-0.4, -0.2) is 51.5 Å². The number of sulfone groups is 1. The van der Waals surface area contributed by atoms with Gasteiger partial charge in [-0.25, -0.2) is 8.42 Å². The normalized spacial score (nSPS) is 15.6. The second-order valence-electron chi connectivity index (χ2n) is 9.32. The van der Waals surface area contributed by atoms with Gasteiger partial charge in [0.2, 0.25) is 6.79 Å². The van der Waals surface area contributed by atoms with Crippen molar-refractivity contribution < 1.29 is 42.0 Å². The minimum atomic E-state index is -3.02. The van der Waals surface area contributed by atoms with E-state index in [9.17, 15) is 13.2 Å². The predicted octanol–water partition coefficient (Wildman–Crippen LogP) is 4.43. The van der Waals surface area contributed by atoms with Gasteiger partial charge in [-0.05, 0) is 42.3 Å². The summed E-state index contributed by atoms with van der Waals surface area (Å²) in [4.78, 5) is 11.1. The zero-order chi connectivity index (χ0) is 26.7. The molecular weight excluding hydrogens is 512 g/mol. The number of hydrogen-bond donors (Lipinski definition) is 1. The van der Waals surface area contributed by atoms with E-state index in [0.29, 0.717) is 48.4 Å². The molecule has 5 rings (SSSR count). The van der Waals surface area contributed by atoms with Crippen LogP contribution in [0.3, 0.4) is 0 Å². The van der Waals surface area contributed by atoms with Crippen molar-refractivity contribution in [1.82, 2.24) is 0 Å². The first kappa shape index (κ1) is 25.7. The number of carboxylic acid groups (broad SMARTS) is 1. The lowest BCUT2D eigenvalue weighted by Crippen LogP contribution is -2.08. The van der Waals surface area contributed by atoms with Crippen molar-refractivity contribution in [3.8, 4) is 39.9 Å². The summed E-state index contributed by atoms with van der Waals surface area (Å²) in [6.07, 6.45) is 1.65. The topological polar surface area (TPSA) is 118 Å². The van der Waals surface area contributed by atoms with Crippen LogP contribution in [0.25, 0.3) is 11.1 Å². The van der Waals surface area contributed by atoms with Gasteiger partial charge in [0, 0.05) is 41.0 Å². The summed E-state index contributed by atoms with van der Waals surface area (Å²) in [6, 6.07) is 16.8. The molecule has 2 heterocycles. The third-order valence-electron chi connectivity index (χ3n) is 6.34. The van der Waals surface area contributed by atoms with Gasteiger partial charge in [-0.3, -0.25) is 4.79 Å². The lowest BCUT2D eigenvalue weighted by atomic mass is 9.98. The summed E-state index contributed by atoms with van der Waals surface area (Å²) in [6.45, 7) is 0.993. The highest BCUT2D eigenvalue weighted by atomic mass is 32.2. The van der Waals surface area contributed by atoms with Crippen LogP contribution in [0, 0.1) is 0 Å². The number of carboxylic acids is 1. The molecule has 200 valence electrons. The van der Waals surface area contributed by atoms with Crippen LogP contribution in [0.4, 0.5) is 0 Å². The molecule has 1 N–H and O–H groups in total. The quantitative estimate of drug-likeness (QED) is 0.373. The summed E-state index contributed by atoms with van der Waals surface area (Å²) < 4.78 is 51.6. The molecule has 9 nitrogen and oxygen atoms in total. The van der Waals surface area contributed by atoms with Crippen LogP contribution in [-0.2, 0) is 21.2 Å². The van der Waals surface area contributed by atoms with Crippen LogP contribution < -0.4 is 23.7 Å². The number of ether oxygens (including phenoxy) is 5. The molecule has 0 amide bonds. The van der Waals surface area contributed by atoms with Crippen LogP contribution >= 0.6 is 0 Å². The first-order chi connectivity index (χ1) is 18.2. The Bertz CT molecular complexity index is 1450. The summed E-state index contributed by atoms with van der Waals surface area (Å²) in [5, 5.41) is 9.09. The molecule has 2 aliphatic rings. The summed E-state index contributed by atoms with van der Waals surface area (Å²) in [5.74, 6) is 2.24. The van der Waals surface area contributed by atoms with E-state index in [1.807, 2.05) is 42.5 Å². The number of hydrogen-bond acceptors (Lipinski definition) is 8. The van der Waals surface area contributed by atoms with Gasteiger partial charge in [-0.1, -0.05) is 12.1 Å². The molecule has 0 radical (unpaired) electrons. The Morgan fingerprint density at radius 3 is 2.50 bits per heavy atom. The van der Waals surface area contributed by atoms with Crippen molar-refractivity contribution in [2.24, 2.45) is 0 Å². The Morgan fingerprint density at radius 2 is 1.68 bits per heavy atom. The second kappa shape index (κ2) is 10.8. The van der Waals surface area contributed by atoms with E-state index in [1.54, 1.807) is 12.1 Å². The van der Waals surface area contributed by atoms with Crippen molar-refractivity contribution >= 4 is 15.8 Å². The molecule has 0 saturated carbocycles. The number of benzene rings is 3. The van der Waals surface area contributed by atoms with E-state index in [-0.39, 0.29) is 31.5 Å². The van der Waals surface area contributed by atoms with E-state index < -0.39 is 15.8 Å². The van der Waals surface area contributed by atoms with Crippen molar-refractivity contribution in [2.75, 3.05) is 32.0 Å². The van der Waals surface area contributed by atoms with Crippen LogP contribution in [0.15, 0.2) is 54.6 Å². The van der Waals surface area contributed by atoms with Crippen LogP contribution in [0.1, 0.15) is 29.9 Å². The van der Waals surface area contributed by atoms with E-state index in [0.717, 1.165) is 22.3 Å². The molecule has 3 aromatic rings. The average Bonchev–Trinajstić information content (AvgIpc) is 3.17. The molecule has 3 aromatic carbocycles. The second-order valence-corrected chi connectivity index (χ2v) is 11.6. The van der Waals surface area contributed by atoms with Gasteiger partial charge >= 0.3 is 5.97 Å². The fourth-order valence-corrected chi connectivity index (χ4v) is 5.14. The number of aliphatic carboxylic acids is 1. The molecule has 0 bridgehead atoms. The monoisotopic (exact) mass is 540 g/mol. The molecule has 38 heavy (non-hydrogen) atoms. The smallest absolute Gasteiger partial charge is 0.304 e. The van der Waals surface area contributed by atoms with E-state index in [4.69, 9.17) is 28.8 Å². The molecule has 10 heteroatoms. The number of carbonyl (C=O) groups is 1. The fourth-order valence-electron chi connectivity index (χ4n) is 4.50. The number of rotatable bonds is 10. The van der Waals surface area contributed by atoms with Gasteiger partial charge in [0.05, 0.1) is 25.4 Å². The molecule has 0 unspecified atom stereocenters. The average molecular weight is 541 g/mol. The third-order valence-corrected chi connectivity index (χ3v) is 7.37. The molecule has 0 saturated heterocycles. The van der Waals surface area contributed by atoms with Gasteiger partial charge in [-0.2, -0.15) is 0 Å². The molecule has 0 spiro atoms. The maximum atomic E-state index is 11.3. The maximum Gasteiger partial charge on any atom is 0.304 e. The summed E-state index contributed by atoms with van der Waals surface area (Å²) in [5.41, 5.74) is 3.51. The minimum absolute atomic E-state index is 0.0341. The van der Waals surface area contributed by atoms with Crippen molar-refractivity contribution in [3.05, 3.63) is 65.7 Å². The first-order valence-corrected chi connectivity index (χ1v) is 14.3.